The zero-order valence-electron chi connectivity index (χ0n) is 17.9. The summed E-state index contributed by atoms with van der Waals surface area (Å²) in [5, 5.41) is 0. The Morgan fingerprint density at radius 2 is 1.75 bits per heavy atom. The van der Waals surface area contributed by atoms with Gasteiger partial charge in [0.25, 0.3) is 5.91 Å². The van der Waals surface area contributed by atoms with Crippen molar-refractivity contribution in [2.24, 2.45) is 0 Å². The molecule has 2 aliphatic heterocycles. The van der Waals surface area contributed by atoms with E-state index in [-0.39, 0.29) is 18.4 Å². The molecule has 2 heterocycles. The quantitative estimate of drug-likeness (QED) is 0.478. The summed E-state index contributed by atoms with van der Waals surface area (Å²) >= 11 is 6.63. The smallest absolute Gasteiger partial charge is 0.266 e. The fourth-order valence-electron chi connectivity index (χ4n) is 3.70. The van der Waals surface area contributed by atoms with Crippen LogP contribution in [0.5, 0.6) is 5.75 Å². The molecule has 2 saturated heterocycles. The molecule has 2 aliphatic rings. The number of carbonyl (C=O) groups excluding carboxylic acids is 2. The predicted molar refractivity (Wildman–Crippen MR) is 133 cm³/mol. The molecule has 0 bridgehead atoms. The van der Waals surface area contributed by atoms with Crippen molar-refractivity contribution in [3.63, 3.8) is 0 Å². The molecule has 0 saturated carbocycles. The fourth-order valence-corrected chi connectivity index (χ4v) is 4.96. The standard InChI is InChI=1S/C24H25N3O3S2/c1-2-30-20-10-8-18(9-11-20)16-21-23(29)27(24(31)32-21)17-22(28)26-14-12-25(13-15-26)19-6-4-3-5-7-19/h3-11,16H,2,12-15,17H2,1H3/b21-16+. The topological polar surface area (TPSA) is 53.1 Å². The number of hydrogen-bond acceptors (Lipinski definition) is 6. The van der Waals surface area contributed by atoms with Gasteiger partial charge >= 0.3 is 0 Å². The summed E-state index contributed by atoms with van der Waals surface area (Å²) in [6.07, 6.45) is 1.80. The van der Waals surface area contributed by atoms with Crippen molar-refractivity contribution < 1.29 is 14.3 Å². The normalized spacial score (nSPS) is 17.9. The van der Waals surface area contributed by atoms with Crippen molar-refractivity contribution in [3.05, 3.63) is 65.1 Å². The van der Waals surface area contributed by atoms with Crippen LogP contribution in [-0.2, 0) is 9.59 Å². The van der Waals surface area contributed by atoms with E-state index in [0.29, 0.717) is 28.9 Å². The molecule has 0 aromatic heterocycles. The second-order valence-electron chi connectivity index (χ2n) is 7.47. The summed E-state index contributed by atoms with van der Waals surface area (Å²) in [6, 6.07) is 17.7. The van der Waals surface area contributed by atoms with Gasteiger partial charge in [0.1, 0.15) is 16.6 Å². The Bertz CT molecular complexity index is 1020. The lowest BCUT2D eigenvalue weighted by molar-refractivity contribution is -0.135. The first-order valence-corrected chi connectivity index (χ1v) is 11.8. The van der Waals surface area contributed by atoms with Crippen molar-refractivity contribution >= 4 is 51.9 Å². The van der Waals surface area contributed by atoms with Crippen LogP contribution in [-0.4, -0.2) is 65.3 Å². The first kappa shape index (κ1) is 22.4. The summed E-state index contributed by atoms with van der Waals surface area (Å²) in [4.78, 5) is 31.8. The summed E-state index contributed by atoms with van der Waals surface area (Å²) in [5.74, 6) is 0.497. The highest BCUT2D eigenvalue weighted by molar-refractivity contribution is 8.26. The first-order chi connectivity index (χ1) is 15.5. The van der Waals surface area contributed by atoms with Crippen LogP contribution < -0.4 is 9.64 Å². The van der Waals surface area contributed by atoms with E-state index in [9.17, 15) is 9.59 Å². The minimum absolute atomic E-state index is 0.0172. The molecule has 0 N–H and O–H groups in total. The lowest BCUT2D eigenvalue weighted by Crippen LogP contribution is -2.51. The molecule has 166 valence electrons. The van der Waals surface area contributed by atoms with Crippen LogP contribution in [0.2, 0.25) is 0 Å². The number of para-hydroxylation sites is 1. The van der Waals surface area contributed by atoms with Crippen LogP contribution in [0, 0.1) is 0 Å². The van der Waals surface area contributed by atoms with E-state index >= 15 is 0 Å². The third kappa shape index (κ3) is 5.14. The zero-order chi connectivity index (χ0) is 22.5. The Morgan fingerprint density at radius 3 is 2.41 bits per heavy atom. The number of ether oxygens (including phenoxy) is 1. The Balaban J connectivity index is 1.34. The maximum atomic E-state index is 12.9. The molecular formula is C24H25N3O3S2. The Hall–Kier alpha value is -2.84. The maximum absolute atomic E-state index is 12.9. The van der Waals surface area contributed by atoms with Crippen LogP contribution in [0.3, 0.4) is 0 Å². The van der Waals surface area contributed by atoms with Crippen molar-refractivity contribution in [1.82, 2.24) is 9.80 Å². The average Bonchev–Trinajstić information content (AvgIpc) is 3.08. The van der Waals surface area contributed by atoms with Gasteiger partial charge < -0.3 is 14.5 Å². The van der Waals surface area contributed by atoms with Gasteiger partial charge in [0.2, 0.25) is 5.91 Å². The average molecular weight is 468 g/mol. The molecule has 2 aromatic rings. The number of thiocarbonyl (C=S) groups is 1. The van der Waals surface area contributed by atoms with E-state index < -0.39 is 0 Å². The van der Waals surface area contributed by atoms with Crippen LogP contribution in [0.25, 0.3) is 6.08 Å². The highest BCUT2D eigenvalue weighted by Gasteiger charge is 2.35. The number of carbonyl (C=O) groups is 2. The summed E-state index contributed by atoms with van der Waals surface area (Å²) in [5.41, 5.74) is 2.05. The molecule has 32 heavy (non-hydrogen) atoms. The molecule has 6 nitrogen and oxygen atoms in total. The largest absolute Gasteiger partial charge is 0.494 e. The number of nitrogens with zero attached hydrogens (tertiary/aromatic N) is 3. The molecule has 0 aliphatic carbocycles. The first-order valence-electron chi connectivity index (χ1n) is 10.6. The highest BCUT2D eigenvalue weighted by Crippen LogP contribution is 2.32. The van der Waals surface area contributed by atoms with Crippen molar-refractivity contribution in [1.29, 1.82) is 0 Å². The Kier molecular flexibility index (Phi) is 7.12. The van der Waals surface area contributed by atoms with Gasteiger partial charge in [0, 0.05) is 31.9 Å². The highest BCUT2D eigenvalue weighted by atomic mass is 32.2. The van der Waals surface area contributed by atoms with E-state index in [2.05, 4.69) is 17.0 Å². The van der Waals surface area contributed by atoms with Crippen molar-refractivity contribution in [3.8, 4) is 5.75 Å². The van der Waals surface area contributed by atoms with E-state index in [4.69, 9.17) is 17.0 Å². The molecule has 4 rings (SSSR count). The van der Waals surface area contributed by atoms with E-state index in [0.717, 1.165) is 30.1 Å². The van der Waals surface area contributed by atoms with Crippen LogP contribution in [0.15, 0.2) is 59.5 Å². The van der Waals surface area contributed by atoms with E-state index in [1.807, 2.05) is 54.3 Å². The van der Waals surface area contributed by atoms with Crippen LogP contribution in [0.1, 0.15) is 12.5 Å². The van der Waals surface area contributed by atoms with Gasteiger partial charge in [0.15, 0.2) is 0 Å². The minimum Gasteiger partial charge on any atom is -0.494 e. The zero-order valence-corrected chi connectivity index (χ0v) is 19.5. The molecule has 0 radical (unpaired) electrons. The van der Waals surface area contributed by atoms with Gasteiger partial charge in [-0.2, -0.15) is 0 Å². The SMILES string of the molecule is CCOc1ccc(/C=C2/SC(=S)N(CC(=O)N3CCN(c4ccccc4)CC3)C2=O)cc1. The van der Waals surface area contributed by atoms with Gasteiger partial charge in [-0.1, -0.05) is 54.3 Å². The third-order valence-corrected chi connectivity index (χ3v) is 6.79. The molecule has 2 aromatic carbocycles. The molecule has 0 spiro atoms. The number of amides is 2. The monoisotopic (exact) mass is 467 g/mol. The predicted octanol–water partition coefficient (Wildman–Crippen LogP) is 3.64. The van der Waals surface area contributed by atoms with E-state index in [1.54, 1.807) is 6.08 Å². The second-order valence-corrected chi connectivity index (χ2v) is 9.15. The van der Waals surface area contributed by atoms with Gasteiger partial charge in [0.05, 0.1) is 11.5 Å². The van der Waals surface area contributed by atoms with Gasteiger partial charge in [-0.3, -0.25) is 14.5 Å². The van der Waals surface area contributed by atoms with Crippen LogP contribution >= 0.6 is 24.0 Å². The lowest BCUT2D eigenvalue weighted by atomic mass is 10.2. The van der Waals surface area contributed by atoms with Gasteiger partial charge in [-0.25, -0.2) is 0 Å². The third-order valence-electron chi connectivity index (χ3n) is 5.41. The summed E-state index contributed by atoms with van der Waals surface area (Å²) in [7, 11) is 0. The molecule has 2 amide bonds. The summed E-state index contributed by atoms with van der Waals surface area (Å²) < 4.78 is 5.87. The van der Waals surface area contributed by atoms with E-state index in [1.165, 1.54) is 16.7 Å². The molecular weight excluding hydrogens is 442 g/mol. The van der Waals surface area contributed by atoms with Crippen molar-refractivity contribution in [2.45, 2.75) is 6.92 Å². The molecule has 0 atom stereocenters. The fraction of sp³-hybridized carbons (Fsp3) is 0.292. The lowest BCUT2D eigenvalue weighted by Gasteiger charge is -2.36. The molecule has 0 unspecified atom stereocenters. The maximum Gasteiger partial charge on any atom is 0.266 e. The Morgan fingerprint density at radius 1 is 1.06 bits per heavy atom. The number of anilines is 1. The van der Waals surface area contributed by atoms with Gasteiger partial charge in [-0.15, -0.1) is 0 Å². The number of rotatable bonds is 6. The molecule has 8 heteroatoms. The number of hydrogen-bond donors (Lipinski definition) is 0. The van der Waals surface area contributed by atoms with Gasteiger partial charge in [-0.05, 0) is 42.8 Å². The number of benzene rings is 2. The second kappa shape index (κ2) is 10.2. The van der Waals surface area contributed by atoms with Crippen LogP contribution in [0.4, 0.5) is 5.69 Å². The Labute approximate surface area is 197 Å². The van der Waals surface area contributed by atoms with Crippen molar-refractivity contribution in [2.75, 3.05) is 44.2 Å². The number of piperazine rings is 1. The molecule has 2 fully saturated rings. The summed E-state index contributed by atoms with van der Waals surface area (Å²) in [6.45, 7) is 5.32. The minimum atomic E-state index is -0.217. The number of thioether (sulfide) groups is 1.